The van der Waals surface area contributed by atoms with E-state index in [0.29, 0.717) is 17.8 Å². The van der Waals surface area contributed by atoms with Gasteiger partial charge in [-0.05, 0) is 48.6 Å². The van der Waals surface area contributed by atoms with E-state index in [1.807, 2.05) is 0 Å². The Kier molecular flexibility index (Phi) is 3.89. The van der Waals surface area contributed by atoms with Gasteiger partial charge in [0, 0.05) is 6.42 Å². The molecule has 0 radical (unpaired) electrons. The summed E-state index contributed by atoms with van der Waals surface area (Å²) in [4.78, 5) is 11.4. The van der Waals surface area contributed by atoms with Crippen molar-refractivity contribution in [2.75, 3.05) is 0 Å². The molecule has 1 heteroatoms. The fourth-order valence-electron chi connectivity index (χ4n) is 3.33. The van der Waals surface area contributed by atoms with Crippen LogP contribution in [0.15, 0.2) is 24.3 Å². The highest BCUT2D eigenvalue weighted by Gasteiger charge is 2.29. The Morgan fingerprint density at radius 1 is 1.33 bits per heavy atom. The van der Waals surface area contributed by atoms with Gasteiger partial charge in [0.25, 0.3) is 0 Å². The molecule has 1 unspecified atom stereocenters. The molecule has 0 N–H and O–H groups in total. The molecule has 1 fully saturated rings. The molecule has 98 valence electrons. The average molecular weight is 244 g/mol. The van der Waals surface area contributed by atoms with Crippen molar-refractivity contribution in [3.8, 4) is 0 Å². The Balaban J connectivity index is 2.24. The maximum atomic E-state index is 11.4. The van der Waals surface area contributed by atoms with Gasteiger partial charge in [-0.1, -0.05) is 44.5 Å². The zero-order valence-electron chi connectivity index (χ0n) is 11.8. The lowest BCUT2D eigenvalue weighted by molar-refractivity contribution is -0.116. The van der Waals surface area contributed by atoms with Crippen LogP contribution in [0.5, 0.6) is 0 Å². The normalized spacial score (nSPS) is 22.7. The second-order valence-electron chi connectivity index (χ2n) is 6.54. The van der Waals surface area contributed by atoms with E-state index in [0.717, 1.165) is 0 Å². The molecule has 1 atom stereocenters. The topological polar surface area (TPSA) is 17.1 Å². The molecule has 1 saturated carbocycles. The van der Waals surface area contributed by atoms with Crippen molar-refractivity contribution in [3.63, 3.8) is 0 Å². The molecule has 0 amide bonds. The van der Waals surface area contributed by atoms with E-state index in [1.54, 1.807) is 6.92 Å². The minimum Gasteiger partial charge on any atom is -0.300 e. The first-order chi connectivity index (χ1) is 8.48. The molecule has 0 saturated heterocycles. The van der Waals surface area contributed by atoms with Crippen molar-refractivity contribution in [2.45, 2.75) is 58.8 Å². The summed E-state index contributed by atoms with van der Waals surface area (Å²) in [5, 5.41) is 0. The molecule has 1 aromatic carbocycles. The molecule has 0 spiro atoms. The minimum atomic E-state index is 0.262. The lowest BCUT2D eigenvalue weighted by atomic mass is 9.69. The third-order valence-electron chi connectivity index (χ3n) is 4.14. The zero-order chi connectivity index (χ0) is 13.2. The maximum absolute atomic E-state index is 11.4. The lowest BCUT2D eigenvalue weighted by Crippen LogP contribution is -2.22. The van der Waals surface area contributed by atoms with Gasteiger partial charge in [-0.25, -0.2) is 0 Å². The number of ketones is 1. The van der Waals surface area contributed by atoms with Gasteiger partial charge in [-0.2, -0.15) is 0 Å². The number of hydrogen-bond donors (Lipinski definition) is 0. The molecule has 0 heterocycles. The van der Waals surface area contributed by atoms with Crippen molar-refractivity contribution in [1.29, 1.82) is 0 Å². The molecule has 1 aromatic rings. The Labute approximate surface area is 111 Å². The van der Waals surface area contributed by atoms with E-state index in [-0.39, 0.29) is 5.78 Å². The fraction of sp³-hybridized carbons (Fsp3) is 0.588. The van der Waals surface area contributed by atoms with Gasteiger partial charge >= 0.3 is 0 Å². The number of rotatable bonds is 3. The van der Waals surface area contributed by atoms with E-state index in [4.69, 9.17) is 0 Å². The summed E-state index contributed by atoms with van der Waals surface area (Å²) in [6.07, 6.45) is 5.76. The largest absolute Gasteiger partial charge is 0.300 e. The molecule has 2 rings (SSSR count). The molecular formula is C17H24O. The molecule has 1 nitrogen and oxygen atoms in total. The summed E-state index contributed by atoms with van der Waals surface area (Å²) in [5.74, 6) is 0.904. The van der Waals surface area contributed by atoms with Crippen molar-refractivity contribution in [2.24, 2.45) is 5.41 Å². The summed E-state index contributed by atoms with van der Waals surface area (Å²) in [6, 6.07) is 8.51. The summed E-state index contributed by atoms with van der Waals surface area (Å²) >= 11 is 0. The summed E-state index contributed by atoms with van der Waals surface area (Å²) in [6.45, 7) is 6.42. The standard InChI is InChI=1S/C17H24O/c1-13(18)11-14-7-4-5-9-16(14)15-8-6-10-17(2,3)12-15/h4-5,7,9,15H,6,8,10-12H2,1-3H3. The SMILES string of the molecule is CC(=O)Cc1ccccc1C1CCCC(C)(C)C1. The number of benzene rings is 1. The zero-order valence-corrected chi connectivity index (χ0v) is 11.8. The Morgan fingerprint density at radius 2 is 2.06 bits per heavy atom. The summed E-state index contributed by atoms with van der Waals surface area (Å²) < 4.78 is 0. The van der Waals surface area contributed by atoms with Crippen LogP contribution < -0.4 is 0 Å². The van der Waals surface area contributed by atoms with Crippen molar-refractivity contribution in [1.82, 2.24) is 0 Å². The molecule has 1 aliphatic rings. The number of hydrogen-bond acceptors (Lipinski definition) is 1. The highest BCUT2D eigenvalue weighted by atomic mass is 16.1. The third-order valence-corrected chi connectivity index (χ3v) is 4.14. The highest BCUT2D eigenvalue weighted by Crippen LogP contribution is 2.44. The highest BCUT2D eigenvalue weighted by molar-refractivity contribution is 5.78. The van der Waals surface area contributed by atoms with E-state index in [1.165, 1.54) is 36.8 Å². The Bertz CT molecular complexity index is 431. The fourth-order valence-corrected chi connectivity index (χ4v) is 3.33. The predicted octanol–water partition coefficient (Wildman–Crippen LogP) is 4.50. The van der Waals surface area contributed by atoms with Crippen molar-refractivity contribution < 1.29 is 4.79 Å². The summed E-state index contributed by atoms with van der Waals surface area (Å²) in [5.41, 5.74) is 3.11. The summed E-state index contributed by atoms with van der Waals surface area (Å²) in [7, 11) is 0. The first-order valence-corrected chi connectivity index (χ1v) is 7.05. The minimum absolute atomic E-state index is 0.262. The van der Waals surface area contributed by atoms with Crippen LogP contribution in [0.3, 0.4) is 0 Å². The van der Waals surface area contributed by atoms with E-state index in [9.17, 15) is 4.79 Å². The van der Waals surface area contributed by atoms with Crippen LogP contribution >= 0.6 is 0 Å². The van der Waals surface area contributed by atoms with Crippen LogP contribution in [0, 0.1) is 5.41 Å². The van der Waals surface area contributed by atoms with Crippen LogP contribution in [0.1, 0.15) is 63.5 Å². The second kappa shape index (κ2) is 5.26. The van der Waals surface area contributed by atoms with Gasteiger partial charge < -0.3 is 0 Å². The van der Waals surface area contributed by atoms with Crippen molar-refractivity contribution >= 4 is 5.78 Å². The Morgan fingerprint density at radius 3 is 2.72 bits per heavy atom. The van der Waals surface area contributed by atoms with Crippen LogP contribution in [0.25, 0.3) is 0 Å². The van der Waals surface area contributed by atoms with Crippen molar-refractivity contribution in [3.05, 3.63) is 35.4 Å². The quantitative estimate of drug-likeness (QED) is 0.765. The number of Topliss-reactive ketones (excluding diaryl/α,β-unsaturated/α-hetero) is 1. The van der Waals surface area contributed by atoms with Crippen LogP contribution in [-0.4, -0.2) is 5.78 Å². The van der Waals surface area contributed by atoms with Gasteiger partial charge in [0.1, 0.15) is 5.78 Å². The van der Waals surface area contributed by atoms with Crippen LogP contribution in [0.2, 0.25) is 0 Å². The van der Waals surface area contributed by atoms with Gasteiger partial charge in [0.2, 0.25) is 0 Å². The number of carbonyl (C=O) groups is 1. The van der Waals surface area contributed by atoms with Crippen LogP contribution in [-0.2, 0) is 11.2 Å². The van der Waals surface area contributed by atoms with Crippen LogP contribution in [0.4, 0.5) is 0 Å². The first kappa shape index (κ1) is 13.3. The maximum Gasteiger partial charge on any atom is 0.134 e. The van der Waals surface area contributed by atoms with Gasteiger partial charge in [0.15, 0.2) is 0 Å². The molecule has 18 heavy (non-hydrogen) atoms. The average Bonchev–Trinajstić information content (AvgIpc) is 2.27. The molecule has 0 bridgehead atoms. The smallest absolute Gasteiger partial charge is 0.134 e. The number of carbonyl (C=O) groups excluding carboxylic acids is 1. The van der Waals surface area contributed by atoms with Gasteiger partial charge in [-0.3, -0.25) is 4.79 Å². The van der Waals surface area contributed by atoms with E-state index >= 15 is 0 Å². The molecule has 1 aliphatic carbocycles. The third kappa shape index (κ3) is 3.22. The monoisotopic (exact) mass is 244 g/mol. The molecular weight excluding hydrogens is 220 g/mol. The molecule has 0 aromatic heterocycles. The first-order valence-electron chi connectivity index (χ1n) is 7.05. The van der Waals surface area contributed by atoms with Gasteiger partial charge in [-0.15, -0.1) is 0 Å². The van der Waals surface area contributed by atoms with Gasteiger partial charge in [0.05, 0.1) is 0 Å². The van der Waals surface area contributed by atoms with E-state index < -0.39 is 0 Å². The van der Waals surface area contributed by atoms with E-state index in [2.05, 4.69) is 38.1 Å². The predicted molar refractivity (Wildman–Crippen MR) is 75.8 cm³/mol. The lowest BCUT2D eigenvalue weighted by Gasteiger charge is -2.36. The second-order valence-corrected chi connectivity index (χ2v) is 6.54. The molecule has 0 aliphatic heterocycles. The Hall–Kier alpha value is -1.11.